The van der Waals surface area contributed by atoms with Crippen LogP contribution in [-0.4, -0.2) is 53.0 Å². The Morgan fingerprint density at radius 1 is 1.22 bits per heavy atom. The van der Waals surface area contributed by atoms with E-state index in [9.17, 15) is 4.79 Å². The van der Waals surface area contributed by atoms with E-state index in [1.807, 2.05) is 11.1 Å². The van der Waals surface area contributed by atoms with E-state index in [0.29, 0.717) is 12.1 Å². The van der Waals surface area contributed by atoms with E-state index in [-0.39, 0.29) is 11.9 Å². The van der Waals surface area contributed by atoms with Crippen LogP contribution in [0.5, 0.6) is 0 Å². The molecule has 2 aliphatic rings. The highest BCUT2D eigenvalue weighted by Gasteiger charge is 2.24. The molecule has 1 saturated carbocycles. The molecule has 0 bridgehead atoms. The van der Waals surface area contributed by atoms with Gasteiger partial charge in [0.1, 0.15) is 0 Å². The van der Waals surface area contributed by atoms with Crippen molar-refractivity contribution in [3.05, 3.63) is 17.5 Å². The minimum atomic E-state index is 0.184. The molecule has 150 valence electrons. The minimum absolute atomic E-state index is 0.184. The van der Waals surface area contributed by atoms with Crippen LogP contribution in [0, 0.1) is 6.92 Å². The molecule has 1 N–H and O–H groups in total. The first-order chi connectivity index (χ1) is 13.0. The summed E-state index contributed by atoms with van der Waals surface area (Å²) in [4.78, 5) is 25.2. The number of aromatic nitrogens is 2. The number of hydrogen-bond donors (Lipinski definition) is 1. The Kier molecular flexibility index (Phi) is 6.68. The van der Waals surface area contributed by atoms with Gasteiger partial charge in [-0.15, -0.1) is 0 Å². The number of rotatable bonds is 5. The van der Waals surface area contributed by atoms with E-state index in [0.717, 1.165) is 37.6 Å². The zero-order valence-corrected chi connectivity index (χ0v) is 17.4. The zero-order valence-electron chi connectivity index (χ0n) is 17.4. The molecule has 1 amide bonds. The van der Waals surface area contributed by atoms with Gasteiger partial charge in [0.15, 0.2) is 0 Å². The van der Waals surface area contributed by atoms with Gasteiger partial charge < -0.3 is 15.1 Å². The van der Waals surface area contributed by atoms with Crippen LogP contribution in [0.2, 0.25) is 0 Å². The largest absolute Gasteiger partial charge is 0.343 e. The number of likely N-dealkylation sites (tertiary alicyclic amines) is 1. The molecule has 6 heteroatoms. The molecule has 3 rings (SSSR count). The third kappa shape index (κ3) is 4.98. The van der Waals surface area contributed by atoms with Crippen molar-refractivity contribution in [1.29, 1.82) is 0 Å². The summed E-state index contributed by atoms with van der Waals surface area (Å²) in [6.45, 7) is 7.63. The molecule has 0 radical (unpaired) electrons. The number of piperidine rings is 1. The van der Waals surface area contributed by atoms with E-state index in [2.05, 4.69) is 36.1 Å². The molecular formula is C21H35N5O. The summed E-state index contributed by atoms with van der Waals surface area (Å²) < 4.78 is 0. The van der Waals surface area contributed by atoms with Crippen molar-refractivity contribution < 1.29 is 4.79 Å². The minimum Gasteiger partial charge on any atom is -0.343 e. The van der Waals surface area contributed by atoms with Crippen molar-refractivity contribution in [2.45, 2.75) is 83.8 Å². The van der Waals surface area contributed by atoms with Gasteiger partial charge in [-0.3, -0.25) is 4.79 Å². The molecule has 1 aromatic heterocycles. The van der Waals surface area contributed by atoms with Gasteiger partial charge in [-0.05, 0) is 39.5 Å². The maximum absolute atomic E-state index is 11.5. The average molecular weight is 374 g/mol. The molecule has 1 atom stereocenters. The normalized spacial score (nSPS) is 20.5. The number of aryl methyl sites for hydroxylation is 1. The molecule has 1 saturated heterocycles. The first kappa shape index (κ1) is 20.1. The summed E-state index contributed by atoms with van der Waals surface area (Å²) in [5, 5.41) is 3.72. The average Bonchev–Trinajstić information content (AvgIpc) is 2.68. The van der Waals surface area contributed by atoms with Gasteiger partial charge in [0, 0.05) is 62.6 Å². The van der Waals surface area contributed by atoms with Crippen molar-refractivity contribution in [1.82, 2.24) is 20.2 Å². The van der Waals surface area contributed by atoms with Crippen LogP contribution in [0.3, 0.4) is 0 Å². The first-order valence-electron chi connectivity index (χ1n) is 10.5. The summed E-state index contributed by atoms with van der Waals surface area (Å²) in [6.07, 6.45) is 10.5. The fourth-order valence-electron chi connectivity index (χ4n) is 4.50. The van der Waals surface area contributed by atoms with Crippen LogP contribution in [0.1, 0.15) is 76.1 Å². The fourth-order valence-corrected chi connectivity index (χ4v) is 4.50. The lowest BCUT2D eigenvalue weighted by Crippen LogP contribution is -2.44. The van der Waals surface area contributed by atoms with Gasteiger partial charge in [-0.1, -0.05) is 19.3 Å². The van der Waals surface area contributed by atoms with Crippen molar-refractivity contribution in [3.8, 4) is 0 Å². The first-order valence-corrected chi connectivity index (χ1v) is 10.5. The Hall–Kier alpha value is -1.69. The van der Waals surface area contributed by atoms with Crippen molar-refractivity contribution in [2.75, 3.05) is 25.0 Å². The number of amides is 1. The molecule has 1 aliphatic carbocycles. The van der Waals surface area contributed by atoms with E-state index >= 15 is 0 Å². The third-order valence-electron chi connectivity index (χ3n) is 6.33. The smallest absolute Gasteiger partial charge is 0.225 e. The lowest BCUT2D eigenvalue weighted by molar-refractivity contribution is -0.129. The molecule has 6 nitrogen and oxygen atoms in total. The Labute approximate surface area is 163 Å². The SMILES string of the molecule is CC(=O)N1CCC(N[C@H](C)c2cnc(N(C)C3CCCCC3)nc2C)CC1. The molecule has 0 spiro atoms. The second-order valence-corrected chi connectivity index (χ2v) is 8.28. The molecule has 1 aliphatic heterocycles. The summed E-state index contributed by atoms with van der Waals surface area (Å²) in [7, 11) is 2.13. The molecule has 2 fully saturated rings. The fraction of sp³-hybridized carbons (Fsp3) is 0.762. The predicted molar refractivity (Wildman–Crippen MR) is 109 cm³/mol. The molecule has 27 heavy (non-hydrogen) atoms. The summed E-state index contributed by atoms with van der Waals surface area (Å²) in [5.41, 5.74) is 2.23. The highest BCUT2D eigenvalue weighted by Crippen LogP contribution is 2.26. The Bertz CT molecular complexity index is 635. The van der Waals surface area contributed by atoms with Gasteiger partial charge in [0.25, 0.3) is 0 Å². The monoisotopic (exact) mass is 373 g/mol. The van der Waals surface area contributed by atoms with Gasteiger partial charge in [0.05, 0.1) is 0 Å². The second-order valence-electron chi connectivity index (χ2n) is 8.28. The highest BCUT2D eigenvalue weighted by atomic mass is 16.2. The quantitative estimate of drug-likeness (QED) is 0.859. The lowest BCUT2D eigenvalue weighted by Gasteiger charge is -2.34. The highest BCUT2D eigenvalue weighted by molar-refractivity contribution is 5.73. The van der Waals surface area contributed by atoms with Crippen LogP contribution in [0.15, 0.2) is 6.20 Å². The van der Waals surface area contributed by atoms with E-state index in [4.69, 9.17) is 4.98 Å². The Morgan fingerprint density at radius 2 is 1.89 bits per heavy atom. The number of carbonyl (C=O) groups excluding carboxylic acids is 1. The summed E-state index contributed by atoms with van der Waals surface area (Å²) in [5.74, 6) is 1.04. The molecule has 0 aromatic carbocycles. The number of nitrogens with one attached hydrogen (secondary N) is 1. The maximum Gasteiger partial charge on any atom is 0.225 e. The Balaban J connectivity index is 1.59. The molecule has 1 aromatic rings. The summed E-state index contributed by atoms with van der Waals surface area (Å²) in [6, 6.07) is 1.23. The summed E-state index contributed by atoms with van der Waals surface area (Å²) >= 11 is 0. The maximum atomic E-state index is 11.5. The third-order valence-corrected chi connectivity index (χ3v) is 6.33. The van der Waals surface area contributed by atoms with E-state index in [1.165, 1.54) is 37.7 Å². The van der Waals surface area contributed by atoms with Gasteiger partial charge in [-0.25, -0.2) is 9.97 Å². The Morgan fingerprint density at radius 3 is 2.48 bits per heavy atom. The molecule has 0 unspecified atom stereocenters. The lowest BCUT2D eigenvalue weighted by atomic mass is 9.95. The topological polar surface area (TPSA) is 61.4 Å². The van der Waals surface area contributed by atoms with Crippen LogP contribution in [0.4, 0.5) is 5.95 Å². The van der Waals surface area contributed by atoms with Crippen molar-refractivity contribution in [2.24, 2.45) is 0 Å². The number of carbonyl (C=O) groups is 1. The molecule has 2 heterocycles. The van der Waals surface area contributed by atoms with Crippen molar-refractivity contribution >= 4 is 11.9 Å². The van der Waals surface area contributed by atoms with Crippen molar-refractivity contribution in [3.63, 3.8) is 0 Å². The van der Waals surface area contributed by atoms with Gasteiger partial charge >= 0.3 is 0 Å². The number of hydrogen-bond acceptors (Lipinski definition) is 5. The number of anilines is 1. The van der Waals surface area contributed by atoms with Crippen LogP contribution < -0.4 is 10.2 Å². The second kappa shape index (κ2) is 9.00. The molecular weight excluding hydrogens is 338 g/mol. The van der Waals surface area contributed by atoms with E-state index in [1.54, 1.807) is 6.92 Å². The van der Waals surface area contributed by atoms with Gasteiger partial charge in [-0.2, -0.15) is 0 Å². The van der Waals surface area contributed by atoms with Crippen LogP contribution in [-0.2, 0) is 4.79 Å². The standard InChI is InChI=1S/C21H35N5O/c1-15(23-18-10-12-26(13-11-18)17(3)27)20-14-22-21(24-16(20)2)25(4)19-8-6-5-7-9-19/h14-15,18-19,23H,5-13H2,1-4H3/t15-/m1/s1. The van der Waals surface area contributed by atoms with E-state index < -0.39 is 0 Å². The van der Waals surface area contributed by atoms with Gasteiger partial charge in [0.2, 0.25) is 11.9 Å². The number of nitrogens with zero attached hydrogens (tertiary/aromatic N) is 4. The predicted octanol–water partition coefficient (Wildman–Crippen LogP) is 3.22. The van der Waals surface area contributed by atoms with Crippen LogP contribution in [0.25, 0.3) is 0 Å². The van der Waals surface area contributed by atoms with Crippen LogP contribution >= 0.6 is 0 Å². The zero-order chi connectivity index (χ0) is 19.4.